The van der Waals surface area contributed by atoms with E-state index in [4.69, 9.17) is 11.5 Å². The number of nitrogens with two attached hydrogens (primary N) is 2. The summed E-state index contributed by atoms with van der Waals surface area (Å²) in [4.78, 5) is 0. The van der Waals surface area contributed by atoms with Gasteiger partial charge in [0.2, 0.25) is 0 Å². The highest BCUT2D eigenvalue weighted by Gasteiger charge is 2.77. The summed E-state index contributed by atoms with van der Waals surface area (Å²) in [6, 6.07) is -4.04. The summed E-state index contributed by atoms with van der Waals surface area (Å²) in [5.74, 6) is 0. The molecule has 0 aromatic heterocycles. The molecule has 0 spiro atoms. The van der Waals surface area contributed by atoms with Crippen LogP contribution in [0.1, 0.15) is 22.3 Å². The lowest BCUT2D eigenvalue weighted by atomic mass is 9.77. The molecule has 0 atom stereocenters. The predicted octanol–water partition coefficient (Wildman–Crippen LogP) is 8.41. The minimum Gasteiger partial charge on any atom is -0.398 e. The molecule has 30 heteroatoms. The Balaban J connectivity index is 3.08. The van der Waals surface area contributed by atoms with Crippen molar-refractivity contribution >= 4 is 32.9 Å². The minimum absolute atomic E-state index is 0.857. The van der Waals surface area contributed by atoms with Crippen LogP contribution in [-0.2, 0) is 22.4 Å². The third-order valence-corrected chi connectivity index (χ3v) is 8.26. The Bertz CT molecular complexity index is 1830. The van der Waals surface area contributed by atoms with Crippen molar-refractivity contribution in [3.63, 3.8) is 0 Å². The zero-order valence-corrected chi connectivity index (χ0v) is 25.3. The highest BCUT2D eigenvalue weighted by Crippen LogP contribution is 2.61. The van der Waals surface area contributed by atoms with E-state index in [-0.39, 0.29) is 0 Å². The van der Waals surface area contributed by atoms with Crippen LogP contribution in [0, 0.1) is 0 Å². The predicted molar refractivity (Wildman–Crippen MR) is 134 cm³/mol. The maximum Gasteiger partial charge on any atom is 0.430 e. The van der Waals surface area contributed by atoms with Crippen LogP contribution in [0.4, 0.5) is 117 Å². The van der Waals surface area contributed by atoms with E-state index in [0.29, 0.717) is 0 Å². The molecule has 8 N–H and O–H groups in total. The van der Waals surface area contributed by atoms with E-state index in [2.05, 4.69) is 0 Å². The summed E-state index contributed by atoms with van der Waals surface area (Å²) in [7, 11) is 0. The molecule has 3 aromatic rings. The first kappa shape index (κ1) is 46.3. The lowest BCUT2D eigenvalue weighted by Crippen LogP contribution is -2.56. The molecule has 0 saturated carbocycles. The Morgan fingerprint density at radius 3 is 0.679 bits per heavy atom. The topological polar surface area (TPSA) is 133 Å². The van der Waals surface area contributed by atoms with Crippen molar-refractivity contribution in [1.29, 1.82) is 0 Å². The Hall–Kier alpha value is -4.06. The second-order valence-corrected chi connectivity index (χ2v) is 11.5. The summed E-state index contributed by atoms with van der Waals surface area (Å²) in [6.45, 7) is 0. The zero-order valence-electron chi connectivity index (χ0n) is 25.3. The Morgan fingerprint density at radius 1 is 0.304 bits per heavy atom. The van der Waals surface area contributed by atoms with Gasteiger partial charge in [0, 0.05) is 33.6 Å². The third kappa shape index (κ3) is 6.11. The van der Waals surface area contributed by atoms with Gasteiger partial charge in [-0.05, 0) is 45.8 Å². The first-order valence-corrected chi connectivity index (χ1v) is 13.3. The van der Waals surface area contributed by atoms with Crippen molar-refractivity contribution in [2.75, 3.05) is 11.5 Å². The minimum atomic E-state index is -7.52. The van der Waals surface area contributed by atoms with Crippen molar-refractivity contribution in [3.8, 4) is 0 Å². The third-order valence-electron chi connectivity index (χ3n) is 8.26. The lowest BCUT2D eigenvalue weighted by molar-refractivity contribution is -0.378. The van der Waals surface area contributed by atoms with E-state index < -0.39 is 151 Å². The fourth-order valence-corrected chi connectivity index (χ4v) is 5.53. The van der Waals surface area contributed by atoms with Crippen molar-refractivity contribution in [1.82, 2.24) is 0 Å². The largest absolute Gasteiger partial charge is 0.430 e. The molecular formula is C26H12F24N2O4. The molecule has 0 fully saturated rings. The fourth-order valence-electron chi connectivity index (χ4n) is 5.53. The molecule has 0 saturated heterocycles. The van der Waals surface area contributed by atoms with Crippen LogP contribution in [0.2, 0.25) is 0 Å². The monoisotopic (exact) mass is 872 g/mol. The molecule has 6 nitrogen and oxygen atoms in total. The number of hydrogen-bond donors (Lipinski definition) is 6. The van der Waals surface area contributed by atoms with E-state index in [1.165, 1.54) is 0 Å². The molecule has 0 bridgehead atoms. The average molecular weight is 872 g/mol. The molecule has 3 rings (SSSR count). The number of anilines is 2. The number of aliphatic hydroxyl groups is 4. The van der Waals surface area contributed by atoms with Gasteiger partial charge in [0.1, 0.15) is 0 Å². The molecule has 56 heavy (non-hydrogen) atoms. The molecule has 0 aliphatic heterocycles. The van der Waals surface area contributed by atoms with Gasteiger partial charge in [0.25, 0.3) is 22.4 Å². The molecule has 0 radical (unpaired) electrons. The van der Waals surface area contributed by atoms with Crippen molar-refractivity contribution in [3.05, 3.63) is 46.5 Å². The fraction of sp³-hybridized carbons (Fsp3) is 0.462. The summed E-state index contributed by atoms with van der Waals surface area (Å²) in [6.07, 6.45) is -59.5. The van der Waals surface area contributed by atoms with E-state index in [9.17, 15) is 126 Å². The number of halogens is 24. The SMILES string of the molecule is Nc1c(C(O)(C(F)(F)F)C(F)(F)F)cc2cc3cc(C(O)(C(F)(F)F)C(F)(F)F)c(N)c(C(O)(C(F)(F)F)C(F)(F)F)c3cc2c1C(O)(C(F)(F)F)C(F)(F)F. The summed E-state index contributed by atoms with van der Waals surface area (Å²) < 4.78 is 336. The van der Waals surface area contributed by atoms with Gasteiger partial charge in [-0.1, -0.05) is 0 Å². The van der Waals surface area contributed by atoms with Crippen molar-refractivity contribution < 1.29 is 126 Å². The molecule has 0 heterocycles. The van der Waals surface area contributed by atoms with Gasteiger partial charge in [-0.15, -0.1) is 0 Å². The number of hydrogen-bond acceptors (Lipinski definition) is 6. The van der Waals surface area contributed by atoms with Crippen LogP contribution in [0.15, 0.2) is 24.3 Å². The van der Waals surface area contributed by atoms with Gasteiger partial charge in [-0.2, -0.15) is 105 Å². The number of benzene rings is 3. The molecular weight excluding hydrogens is 860 g/mol. The smallest absolute Gasteiger partial charge is 0.398 e. The van der Waals surface area contributed by atoms with Crippen molar-refractivity contribution in [2.24, 2.45) is 0 Å². The first-order valence-electron chi connectivity index (χ1n) is 13.3. The Labute approximate surface area is 289 Å². The summed E-state index contributed by atoms with van der Waals surface area (Å²) in [5, 5.41) is 29.9. The van der Waals surface area contributed by atoms with Gasteiger partial charge < -0.3 is 31.9 Å². The van der Waals surface area contributed by atoms with Crippen LogP contribution < -0.4 is 11.5 Å². The van der Waals surface area contributed by atoms with Crippen molar-refractivity contribution in [2.45, 2.75) is 71.8 Å². The van der Waals surface area contributed by atoms with Crippen LogP contribution >= 0.6 is 0 Å². The molecule has 3 aromatic carbocycles. The maximum atomic E-state index is 14.1. The summed E-state index contributed by atoms with van der Waals surface area (Å²) >= 11 is 0. The van der Waals surface area contributed by atoms with Crippen LogP contribution in [0.3, 0.4) is 0 Å². The van der Waals surface area contributed by atoms with E-state index in [1.54, 1.807) is 0 Å². The van der Waals surface area contributed by atoms with Gasteiger partial charge in [-0.25, -0.2) is 0 Å². The van der Waals surface area contributed by atoms with Gasteiger partial charge in [0.05, 0.1) is 0 Å². The molecule has 0 unspecified atom stereocenters. The van der Waals surface area contributed by atoms with Crippen LogP contribution in [0.5, 0.6) is 0 Å². The van der Waals surface area contributed by atoms with Crippen LogP contribution in [0.25, 0.3) is 21.5 Å². The lowest BCUT2D eigenvalue weighted by Gasteiger charge is -2.39. The zero-order chi connectivity index (χ0) is 44.6. The molecule has 0 amide bonds. The van der Waals surface area contributed by atoms with Gasteiger partial charge in [0.15, 0.2) is 0 Å². The number of fused-ring (bicyclic) bond motifs is 2. The normalized spacial score (nSPS) is 15.6. The Kier molecular flexibility index (Phi) is 10.1. The second kappa shape index (κ2) is 12.2. The quantitative estimate of drug-likeness (QED) is 0.0887. The summed E-state index contributed by atoms with van der Waals surface area (Å²) in [5.41, 5.74) is -38.4. The number of alkyl halides is 24. The number of rotatable bonds is 4. The Morgan fingerprint density at radius 2 is 0.500 bits per heavy atom. The highest BCUT2D eigenvalue weighted by molar-refractivity contribution is 6.06. The average Bonchev–Trinajstić information content (AvgIpc) is 2.93. The van der Waals surface area contributed by atoms with Gasteiger partial charge >= 0.3 is 49.4 Å². The van der Waals surface area contributed by atoms with Crippen LogP contribution in [-0.4, -0.2) is 69.8 Å². The second-order valence-electron chi connectivity index (χ2n) is 11.5. The molecule has 0 aliphatic carbocycles. The maximum absolute atomic E-state index is 14.1. The highest BCUT2D eigenvalue weighted by atomic mass is 19.4. The molecule has 0 aliphatic rings. The standard InChI is InChI=1S/C26H12F24N2O4/c27-19(28,29)15(53,20(30,31)32)9-2-5-1-6-3-10(16(54,21(33,34)35)22(36,37)38)14(52)12(18(56,25(45,46)47)26(48,49)50)8(6)4-7(5)11(13(9)51)17(55,23(39,40)41)24(42,43)44/h1-4,53-56H,51-52H2. The number of nitrogen functional groups attached to an aromatic ring is 2. The van der Waals surface area contributed by atoms with E-state index in [1.807, 2.05) is 0 Å². The van der Waals surface area contributed by atoms with E-state index >= 15 is 0 Å². The molecule has 318 valence electrons. The van der Waals surface area contributed by atoms with E-state index in [0.717, 1.165) is 0 Å². The first-order chi connectivity index (χ1) is 24.2. The van der Waals surface area contributed by atoms with Gasteiger partial charge in [-0.3, -0.25) is 0 Å².